The molecule has 1 aromatic carbocycles. The largest absolute Gasteiger partial charge is 0.481 e. The number of hydrogen-bond acceptors (Lipinski definition) is 3. The van der Waals surface area contributed by atoms with Gasteiger partial charge >= 0.3 is 5.97 Å². The Morgan fingerprint density at radius 1 is 1.33 bits per heavy atom. The summed E-state index contributed by atoms with van der Waals surface area (Å²) in [5.74, 6) is -0.710. The van der Waals surface area contributed by atoms with E-state index in [2.05, 4.69) is 30.9 Å². The molecule has 1 aliphatic heterocycles. The highest BCUT2D eigenvalue weighted by molar-refractivity contribution is 5.66. The van der Waals surface area contributed by atoms with E-state index in [1.807, 2.05) is 18.2 Å². The zero-order valence-corrected chi connectivity index (χ0v) is 12.9. The second kappa shape index (κ2) is 7.05. The first-order valence-electron chi connectivity index (χ1n) is 7.62. The topological polar surface area (TPSA) is 49.8 Å². The number of carbonyl (C=O) groups is 1. The van der Waals surface area contributed by atoms with Crippen molar-refractivity contribution in [3.8, 4) is 0 Å². The number of ether oxygens (including phenoxy) is 1. The van der Waals surface area contributed by atoms with Crippen molar-refractivity contribution < 1.29 is 14.6 Å². The molecule has 1 aliphatic rings. The van der Waals surface area contributed by atoms with Crippen molar-refractivity contribution in [2.45, 2.75) is 44.8 Å². The van der Waals surface area contributed by atoms with Gasteiger partial charge < -0.3 is 9.84 Å². The molecule has 1 N–H and O–H groups in total. The van der Waals surface area contributed by atoms with Crippen LogP contribution in [0.2, 0.25) is 0 Å². The molecule has 1 fully saturated rings. The second-order valence-corrected chi connectivity index (χ2v) is 6.32. The van der Waals surface area contributed by atoms with Crippen LogP contribution in [0.25, 0.3) is 0 Å². The maximum atomic E-state index is 10.6. The molecule has 21 heavy (non-hydrogen) atoms. The SMILES string of the molecule is CC1(C)COC(c2ccccc2)CN1CCCCC(=O)O. The van der Waals surface area contributed by atoms with E-state index in [4.69, 9.17) is 9.84 Å². The summed E-state index contributed by atoms with van der Waals surface area (Å²) >= 11 is 0. The summed E-state index contributed by atoms with van der Waals surface area (Å²) in [7, 11) is 0. The average Bonchev–Trinajstić information content (AvgIpc) is 2.45. The van der Waals surface area contributed by atoms with Gasteiger partial charge in [0.05, 0.1) is 12.7 Å². The standard InChI is InChI=1S/C17H25NO3/c1-17(2)13-21-15(14-8-4-3-5-9-14)12-18(17)11-7-6-10-16(19)20/h3-5,8-9,15H,6-7,10-13H2,1-2H3,(H,19,20). The van der Waals surface area contributed by atoms with Crippen molar-refractivity contribution in [2.24, 2.45) is 0 Å². The molecule has 2 rings (SSSR count). The number of morpholine rings is 1. The van der Waals surface area contributed by atoms with Gasteiger partial charge in [0.1, 0.15) is 0 Å². The van der Waals surface area contributed by atoms with E-state index in [0.29, 0.717) is 6.61 Å². The zero-order chi connectivity index (χ0) is 15.3. The molecule has 1 unspecified atom stereocenters. The van der Waals surface area contributed by atoms with Crippen molar-refractivity contribution in [3.63, 3.8) is 0 Å². The van der Waals surface area contributed by atoms with E-state index in [1.165, 1.54) is 5.56 Å². The third-order valence-electron chi connectivity index (χ3n) is 4.12. The Morgan fingerprint density at radius 2 is 2.05 bits per heavy atom. The van der Waals surface area contributed by atoms with Gasteiger partial charge in [0, 0.05) is 18.5 Å². The third-order valence-corrected chi connectivity index (χ3v) is 4.12. The maximum Gasteiger partial charge on any atom is 0.303 e. The first-order chi connectivity index (χ1) is 9.99. The number of benzene rings is 1. The number of aliphatic carboxylic acids is 1. The first-order valence-corrected chi connectivity index (χ1v) is 7.62. The minimum Gasteiger partial charge on any atom is -0.481 e. The fraction of sp³-hybridized carbons (Fsp3) is 0.588. The van der Waals surface area contributed by atoms with E-state index in [-0.39, 0.29) is 18.1 Å². The van der Waals surface area contributed by atoms with Gasteiger partial charge in [-0.2, -0.15) is 0 Å². The van der Waals surface area contributed by atoms with Crippen molar-refractivity contribution >= 4 is 5.97 Å². The molecule has 0 bridgehead atoms. The van der Waals surface area contributed by atoms with Crippen molar-refractivity contribution in [1.29, 1.82) is 0 Å². The van der Waals surface area contributed by atoms with Crippen LogP contribution >= 0.6 is 0 Å². The molecule has 0 radical (unpaired) electrons. The molecule has 0 aliphatic carbocycles. The highest BCUT2D eigenvalue weighted by atomic mass is 16.5. The van der Waals surface area contributed by atoms with Crippen molar-refractivity contribution in [1.82, 2.24) is 4.90 Å². The maximum absolute atomic E-state index is 10.6. The number of rotatable bonds is 6. The lowest BCUT2D eigenvalue weighted by Gasteiger charge is -2.45. The van der Waals surface area contributed by atoms with Gasteiger partial charge in [0.15, 0.2) is 0 Å². The quantitative estimate of drug-likeness (QED) is 0.818. The molecule has 1 saturated heterocycles. The van der Waals surface area contributed by atoms with Crippen LogP contribution in [0.15, 0.2) is 30.3 Å². The van der Waals surface area contributed by atoms with Crippen molar-refractivity contribution in [3.05, 3.63) is 35.9 Å². The molecule has 1 heterocycles. The Kier molecular flexibility index (Phi) is 5.37. The van der Waals surface area contributed by atoms with Gasteiger partial charge in [0.2, 0.25) is 0 Å². The molecule has 0 saturated carbocycles. The predicted octanol–water partition coefficient (Wildman–Crippen LogP) is 3.09. The Morgan fingerprint density at radius 3 is 2.71 bits per heavy atom. The van der Waals surface area contributed by atoms with Crippen LogP contribution in [-0.4, -0.2) is 41.2 Å². The lowest BCUT2D eigenvalue weighted by molar-refractivity contribution is -0.137. The fourth-order valence-electron chi connectivity index (χ4n) is 2.74. The normalized spacial score (nSPS) is 22.1. The Balaban J connectivity index is 1.92. The summed E-state index contributed by atoms with van der Waals surface area (Å²) in [4.78, 5) is 13.0. The summed E-state index contributed by atoms with van der Waals surface area (Å²) in [6, 6.07) is 10.3. The molecular formula is C17H25NO3. The molecule has 0 spiro atoms. The fourth-order valence-corrected chi connectivity index (χ4v) is 2.74. The summed E-state index contributed by atoms with van der Waals surface area (Å²) in [6.45, 7) is 6.86. The Bertz CT molecular complexity index is 458. The summed E-state index contributed by atoms with van der Waals surface area (Å²) < 4.78 is 6.02. The van der Waals surface area contributed by atoms with Crippen LogP contribution in [-0.2, 0) is 9.53 Å². The van der Waals surface area contributed by atoms with Crippen LogP contribution in [0, 0.1) is 0 Å². The summed E-state index contributed by atoms with van der Waals surface area (Å²) in [6.07, 6.45) is 2.02. The monoisotopic (exact) mass is 291 g/mol. The molecule has 4 heteroatoms. The molecule has 0 aromatic heterocycles. The van der Waals surface area contributed by atoms with Crippen molar-refractivity contribution in [2.75, 3.05) is 19.7 Å². The second-order valence-electron chi connectivity index (χ2n) is 6.32. The van der Waals surface area contributed by atoms with Gasteiger partial charge in [-0.05, 0) is 38.8 Å². The van der Waals surface area contributed by atoms with E-state index in [0.717, 1.165) is 25.9 Å². The molecule has 1 atom stereocenters. The minimum atomic E-state index is -0.710. The Hall–Kier alpha value is -1.39. The van der Waals surface area contributed by atoms with Gasteiger partial charge in [-0.1, -0.05) is 30.3 Å². The predicted molar refractivity (Wildman–Crippen MR) is 82.3 cm³/mol. The molecule has 1 aromatic rings. The number of nitrogens with zero attached hydrogens (tertiary/aromatic N) is 1. The average molecular weight is 291 g/mol. The van der Waals surface area contributed by atoms with Crippen LogP contribution in [0.3, 0.4) is 0 Å². The third kappa shape index (κ3) is 4.55. The number of unbranched alkanes of at least 4 members (excludes halogenated alkanes) is 1. The van der Waals surface area contributed by atoms with Gasteiger partial charge in [-0.15, -0.1) is 0 Å². The van der Waals surface area contributed by atoms with Crippen LogP contribution < -0.4 is 0 Å². The number of hydrogen-bond donors (Lipinski definition) is 1. The minimum absolute atomic E-state index is 0.00844. The lowest BCUT2D eigenvalue weighted by atomic mass is 9.97. The smallest absolute Gasteiger partial charge is 0.303 e. The highest BCUT2D eigenvalue weighted by Crippen LogP contribution is 2.30. The first kappa shape index (κ1) is 16.0. The zero-order valence-electron chi connectivity index (χ0n) is 12.9. The van der Waals surface area contributed by atoms with Crippen LogP contribution in [0.5, 0.6) is 0 Å². The molecule has 4 nitrogen and oxygen atoms in total. The van der Waals surface area contributed by atoms with Gasteiger partial charge in [0.25, 0.3) is 0 Å². The van der Waals surface area contributed by atoms with E-state index < -0.39 is 5.97 Å². The number of carboxylic acids is 1. The molecule has 116 valence electrons. The van der Waals surface area contributed by atoms with Crippen LogP contribution in [0.4, 0.5) is 0 Å². The van der Waals surface area contributed by atoms with E-state index in [1.54, 1.807) is 0 Å². The molecular weight excluding hydrogens is 266 g/mol. The summed E-state index contributed by atoms with van der Waals surface area (Å²) in [5.41, 5.74) is 1.22. The summed E-state index contributed by atoms with van der Waals surface area (Å²) in [5, 5.41) is 8.71. The van der Waals surface area contributed by atoms with Crippen LogP contribution in [0.1, 0.15) is 44.8 Å². The molecule has 0 amide bonds. The van der Waals surface area contributed by atoms with Gasteiger partial charge in [-0.25, -0.2) is 0 Å². The number of carboxylic acid groups (broad SMARTS) is 1. The lowest BCUT2D eigenvalue weighted by Crippen LogP contribution is -2.53. The van der Waals surface area contributed by atoms with E-state index in [9.17, 15) is 4.79 Å². The van der Waals surface area contributed by atoms with Gasteiger partial charge in [-0.3, -0.25) is 9.69 Å². The Labute approximate surface area is 126 Å². The highest BCUT2D eigenvalue weighted by Gasteiger charge is 2.34. The van der Waals surface area contributed by atoms with E-state index >= 15 is 0 Å².